The molecule has 0 radical (unpaired) electrons. The van der Waals surface area contributed by atoms with Gasteiger partial charge in [-0.15, -0.1) is 0 Å². The molecule has 1 heterocycles. The Morgan fingerprint density at radius 1 is 0.944 bits per heavy atom. The molecule has 0 saturated heterocycles. The van der Waals surface area contributed by atoms with Crippen LogP contribution in [0.4, 0.5) is 4.39 Å². The summed E-state index contributed by atoms with van der Waals surface area (Å²) >= 11 is 6.14. The Labute approximate surface area is 109 Å². The second-order valence-corrected chi connectivity index (χ2v) is 4.42. The van der Waals surface area contributed by atoms with Crippen molar-refractivity contribution in [1.82, 2.24) is 4.98 Å². The number of nitrogens with zero attached hydrogens (tertiary/aromatic N) is 1. The van der Waals surface area contributed by atoms with Gasteiger partial charge in [-0.3, -0.25) is 0 Å². The smallest absolute Gasteiger partial charge is 0.123 e. The van der Waals surface area contributed by atoms with E-state index in [1.807, 2.05) is 36.4 Å². The lowest BCUT2D eigenvalue weighted by Crippen LogP contribution is -1.86. The van der Waals surface area contributed by atoms with Gasteiger partial charge in [0.25, 0.3) is 0 Å². The van der Waals surface area contributed by atoms with E-state index in [2.05, 4.69) is 4.98 Å². The van der Waals surface area contributed by atoms with Crippen LogP contribution in [0.3, 0.4) is 0 Å². The molecule has 18 heavy (non-hydrogen) atoms. The van der Waals surface area contributed by atoms with E-state index in [1.54, 1.807) is 6.07 Å². The van der Waals surface area contributed by atoms with Crippen molar-refractivity contribution in [3.8, 4) is 11.3 Å². The van der Waals surface area contributed by atoms with Crippen molar-refractivity contribution >= 4 is 22.5 Å². The van der Waals surface area contributed by atoms with E-state index in [-0.39, 0.29) is 5.82 Å². The van der Waals surface area contributed by atoms with E-state index >= 15 is 0 Å². The largest absolute Gasteiger partial charge is 0.248 e. The number of fused-ring (bicyclic) bond motifs is 1. The topological polar surface area (TPSA) is 12.9 Å². The van der Waals surface area contributed by atoms with E-state index < -0.39 is 0 Å². The van der Waals surface area contributed by atoms with Crippen molar-refractivity contribution in [1.29, 1.82) is 0 Å². The number of hydrogen-bond acceptors (Lipinski definition) is 1. The molecule has 1 nitrogen and oxygen atoms in total. The predicted octanol–water partition coefficient (Wildman–Crippen LogP) is 4.69. The van der Waals surface area contributed by atoms with E-state index in [9.17, 15) is 4.39 Å². The van der Waals surface area contributed by atoms with Gasteiger partial charge in [-0.05, 0) is 30.3 Å². The van der Waals surface area contributed by atoms with Crippen molar-refractivity contribution < 1.29 is 4.39 Å². The molecule has 3 aromatic rings. The van der Waals surface area contributed by atoms with Gasteiger partial charge in [0.05, 0.1) is 11.2 Å². The molecule has 0 amide bonds. The third-order valence-electron chi connectivity index (χ3n) is 2.80. The number of aromatic nitrogens is 1. The summed E-state index contributed by atoms with van der Waals surface area (Å²) in [6.07, 6.45) is 0. The molecule has 0 atom stereocenters. The first kappa shape index (κ1) is 11.2. The van der Waals surface area contributed by atoms with Crippen molar-refractivity contribution in [3.05, 3.63) is 65.4 Å². The molecule has 0 unspecified atom stereocenters. The highest BCUT2D eigenvalue weighted by molar-refractivity contribution is 6.33. The van der Waals surface area contributed by atoms with E-state index in [1.165, 1.54) is 12.1 Å². The Hall–Kier alpha value is -1.93. The average molecular weight is 258 g/mol. The van der Waals surface area contributed by atoms with Gasteiger partial charge in [0.15, 0.2) is 0 Å². The Balaban J connectivity index is 2.20. The van der Waals surface area contributed by atoms with Crippen LogP contribution < -0.4 is 0 Å². The Morgan fingerprint density at radius 3 is 2.61 bits per heavy atom. The molecule has 88 valence electrons. The summed E-state index contributed by atoms with van der Waals surface area (Å²) in [6, 6.07) is 15.8. The maximum atomic E-state index is 13.1. The van der Waals surface area contributed by atoms with E-state index in [0.29, 0.717) is 5.02 Å². The van der Waals surface area contributed by atoms with Crippen LogP contribution >= 0.6 is 11.6 Å². The molecule has 0 spiro atoms. The summed E-state index contributed by atoms with van der Waals surface area (Å²) in [5.41, 5.74) is 2.43. The second-order valence-electron chi connectivity index (χ2n) is 4.01. The average Bonchev–Trinajstić information content (AvgIpc) is 2.39. The first-order valence-electron chi connectivity index (χ1n) is 5.55. The lowest BCUT2D eigenvalue weighted by Gasteiger charge is -2.05. The van der Waals surface area contributed by atoms with Gasteiger partial charge in [0, 0.05) is 16.0 Å². The summed E-state index contributed by atoms with van der Waals surface area (Å²) < 4.78 is 13.1. The minimum Gasteiger partial charge on any atom is -0.248 e. The zero-order valence-electron chi connectivity index (χ0n) is 9.40. The zero-order chi connectivity index (χ0) is 12.5. The van der Waals surface area contributed by atoms with Crippen LogP contribution in [0.1, 0.15) is 0 Å². The molecule has 3 heteroatoms. The van der Waals surface area contributed by atoms with Gasteiger partial charge < -0.3 is 0 Å². The minimum absolute atomic E-state index is 0.255. The van der Waals surface area contributed by atoms with E-state index in [4.69, 9.17) is 11.6 Å². The monoisotopic (exact) mass is 257 g/mol. The second kappa shape index (κ2) is 4.39. The summed E-state index contributed by atoms with van der Waals surface area (Å²) in [7, 11) is 0. The summed E-state index contributed by atoms with van der Waals surface area (Å²) in [6.45, 7) is 0. The molecule has 0 aliphatic rings. The number of benzene rings is 2. The number of pyridine rings is 1. The van der Waals surface area contributed by atoms with Crippen LogP contribution in [0.25, 0.3) is 22.2 Å². The van der Waals surface area contributed by atoms with Gasteiger partial charge in [-0.1, -0.05) is 35.9 Å². The lowest BCUT2D eigenvalue weighted by atomic mass is 10.1. The molecule has 0 fully saturated rings. The highest BCUT2D eigenvalue weighted by Crippen LogP contribution is 2.27. The maximum absolute atomic E-state index is 13.1. The van der Waals surface area contributed by atoms with Gasteiger partial charge in [-0.2, -0.15) is 0 Å². The lowest BCUT2D eigenvalue weighted by molar-refractivity contribution is 0.629. The molecule has 3 rings (SSSR count). The van der Waals surface area contributed by atoms with Gasteiger partial charge in [0.2, 0.25) is 0 Å². The maximum Gasteiger partial charge on any atom is 0.123 e. The van der Waals surface area contributed by atoms with Crippen molar-refractivity contribution in [2.24, 2.45) is 0 Å². The van der Waals surface area contributed by atoms with Crippen LogP contribution in [-0.4, -0.2) is 4.98 Å². The van der Waals surface area contributed by atoms with Gasteiger partial charge in [0.1, 0.15) is 5.82 Å². The molecule has 2 aromatic carbocycles. The third-order valence-corrected chi connectivity index (χ3v) is 3.13. The van der Waals surface area contributed by atoms with E-state index in [0.717, 1.165) is 22.2 Å². The standard InChI is InChI=1S/C15H9ClFN/c16-13-4-2-1-3-12(13)15-7-5-10-9-11(17)6-8-14(10)18-15/h1-9H. The quantitative estimate of drug-likeness (QED) is 0.616. The number of hydrogen-bond donors (Lipinski definition) is 0. The van der Waals surface area contributed by atoms with Crippen LogP contribution in [0.15, 0.2) is 54.6 Å². The Kier molecular flexibility index (Phi) is 2.73. The Bertz CT molecular complexity index is 725. The summed E-state index contributed by atoms with van der Waals surface area (Å²) in [4.78, 5) is 4.50. The van der Waals surface area contributed by atoms with Gasteiger partial charge >= 0.3 is 0 Å². The summed E-state index contributed by atoms with van der Waals surface area (Å²) in [5.74, 6) is -0.255. The zero-order valence-corrected chi connectivity index (χ0v) is 10.2. The van der Waals surface area contributed by atoms with Crippen LogP contribution in [0, 0.1) is 5.82 Å². The highest BCUT2D eigenvalue weighted by Gasteiger charge is 2.05. The normalized spacial score (nSPS) is 10.8. The Morgan fingerprint density at radius 2 is 1.78 bits per heavy atom. The molecule has 0 N–H and O–H groups in total. The third kappa shape index (κ3) is 1.95. The molecular weight excluding hydrogens is 249 g/mol. The molecular formula is C15H9ClFN. The first-order valence-corrected chi connectivity index (χ1v) is 5.93. The molecule has 0 aliphatic heterocycles. The van der Waals surface area contributed by atoms with Crippen LogP contribution in [-0.2, 0) is 0 Å². The fourth-order valence-corrected chi connectivity index (χ4v) is 2.15. The van der Waals surface area contributed by atoms with Crippen molar-refractivity contribution in [2.45, 2.75) is 0 Å². The molecule has 0 saturated carbocycles. The van der Waals surface area contributed by atoms with Crippen molar-refractivity contribution in [3.63, 3.8) is 0 Å². The van der Waals surface area contributed by atoms with Crippen LogP contribution in [0.2, 0.25) is 5.02 Å². The predicted molar refractivity (Wildman–Crippen MR) is 72.1 cm³/mol. The molecule has 0 bridgehead atoms. The minimum atomic E-state index is -0.255. The fraction of sp³-hybridized carbons (Fsp3) is 0. The van der Waals surface area contributed by atoms with Crippen molar-refractivity contribution in [2.75, 3.05) is 0 Å². The summed E-state index contributed by atoms with van der Waals surface area (Å²) in [5, 5.41) is 1.44. The molecule has 0 aliphatic carbocycles. The fourth-order valence-electron chi connectivity index (χ4n) is 1.92. The van der Waals surface area contributed by atoms with Gasteiger partial charge in [-0.25, -0.2) is 9.37 Å². The molecule has 1 aromatic heterocycles. The number of halogens is 2. The first-order chi connectivity index (χ1) is 8.74. The number of rotatable bonds is 1. The SMILES string of the molecule is Fc1ccc2nc(-c3ccccc3Cl)ccc2c1. The van der Waals surface area contributed by atoms with Crippen LogP contribution in [0.5, 0.6) is 0 Å². The highest BCUT2D eigenvalue weighted by atomic mass is 35.5.